The van der Waals surface area contributed by atoms with E-state index in [9.17, 15) is 23.6 Å². The summed E-state index contributed by atoms with van der Waals surface area (Å²) in [7, 11) is 3.52. The minimum absolute atomic E-state index is 0.109. The van der Waals surface area contributed by atoms with Crippen LogP contribution < -0.4 is 0 Å². The number of fused-ring (bicyclic) bond motifs is 2. The number of amides is 1. The van der Waals surface area contributed by atoms with Crippen molar-refractivity contribution in [2.24, 2.45) is 5.92 Å². The lowest BCUT2D eigenvalue weighted by molar-refractivity contribution is -0.170. The summed E-state index contributed by atoms with van der Waals surface area (Å²) in [6.07, 6.45) is -0.0727. The Balaban J connectivity index is 0.000000376. The SMILES string of the molecule is COC(C)(C)CN(C)C(=O)C(Cc1cscn1)CN1CCC2(CC1)OCc1ccc(F)cc12.O=C(O)CC(O)(CC(=O)O)C(=O)O. The highest BCUT2D eigenvalue weighted by Gasteiger charge is 2.44. The summed E-state index contributed by atoms with van der Waals surface area (Å²) >= 11 is 1.55. The van der Waals surface area contributed by atoms with Crippen LogP contribution in [0.5, 0.6) is 0 Å². The number of aliphatic hydroxyl groups is 1. The molecule has 15 heteroatoms. The van der Waals surface area contributed by atoms with E-state index in [0.29, 0.717) is 26.1 Å². The van der Waals surface area contributed by atoms with Gasteiger partial charge in [0.05, 0.1) is 47.8 Å². The predicted molar refractivity (Wildman–Crippen MR) is 164 cm³/mol. The van der Waals surface area contributed by atoms with Crippen molar-refractivity contribution in [1.29, 1.82) is 0 Å². The molecule has 3 heterocycles. The Morgan fingerprint density at radius 2 is 1.78 bits per heavy atom. The predicted octanol–water partition coefficient (Wildman–Crippen LogP) is 2.60. The first-order valence-corrected chi connectivity index (χ1v) is 15.7. The van der Waals surface area contributed by atoms with Gasteiger partial charge in [-0.15, -0.1) is 11.3 Å². The molecular weight excluding hydrogens is 625 g/mol. The summed E-state index contributed by atoms with van der Waals surface area (Å²) in [5.41, 5.74) is 1.31. The zero-order valence-electron chi connectivity index (χ0n) is 26.4. The number of aliphatic carboxylic acids is 3. The summed E-state index contributed by atoms with van der Waals surface area (Å²) in [6.45, 7) is 7.32. The molecule has 13 nitrogen and oxygen atoms in total. The average molecular weight is 668 g/mol. The number of aromatic nitrogens is 1. The number of thiazole rings is 1. The Morgan fingerprint density at radius 3 is 2.30 bits per heavy atom. The number of carboxylic acid groups (broad SMARTS) is 3. The topological polar surface area (TPSA) is 187 Å². The van der Waals surface area contributed by atoms with E-state index in [4.69, 9.17) is 29.9 Å². The second-order valence-corrected chi connectivity index (χ2v) is 13.1. The van der Waals surface area contributed by atoms with Gasteiger partial charge in [0.25, 0.3) is 0 Å². The van der Waals surface area contributed by atoms with Crippen molar-refractivity contribution >= 4 is 35.2 Å². The van der Waals surface area contributed by atoms with E-state index in [1.807, 2.05) is 37.9 Å². The molecule has 1 saturated heterocycles. The van der Waals surface area contributed by atoms with Gasteiger partial charge < -0.3 is 39.7 Å². The van der Waals surface area contributed by atoms with Gasteiger partial charge in [0.15, 0.2) is 5.60 Å². The van der Waals surface area contributed by atoms with Crippen LogP contribution in [0.3, 0.4) is 0 Å². The zero-order chi connectivity index (χ0) is 34.3. The highest BCUT2D eigenvalue weighted by atomic mass is 32.1. The maximum Gasteiger partial charge on any atom is 0.336 e. The van der Waals surface area contributed by atoms with Crippen LogP contribution in [0.2, 0.25) is 0 Å². The number of hydrogen-bond acceptors (Lipinski definition) is 10. The fourth-order valence-corrected chi connectivity index (χ4v) is 6.35. The fourth-order valence-electron chi connectivity index (χ4n) is 5.77. The molecule has 0 bridgehead atoms. The van der Waals surface area contributed by atoms with Gasteiger partial charge in [-0.3, -0.25) is 14.4 Å². The lowest BCUT2D eigenvalue weighted by Crippen LogP contribution is -2.49. The molecule has 0 radical (unpaired) electrons. The van der Waals surface area contributed by atoms with Crippen LogP contribution in [-0.2, 0) is 47.3 Å². The van der Waals surface area contributed by atoms with Crippen LogP contribution in [0.25, 0.3) is 0 Å². The third-order valence-electron chi connectivity index (χ3n) is 8.33. The van der Waals surface area contributed by atoms with E-state index in [2.05, 4.69) is 9.88 Å². The monoisotopic (exact) mass is 667 g/mol. The van der Waals surface area contributed by atoms with E-state index < -0.39 is 47.6 Å². The van der Waals surface area contributed by atoms with E-state index in [-0.39, 0.29) is 17.6 Å². The van der Waals surface area contributed by atoms with Crippen LogP contribution >= 0.6 is 11.3 Å². The van der Waals surface area contributed by atoms with Crippen molar-refractivity contribution < 1.29 is 53.5 Å². The molecule has 46 heavy (non-hydrogen) atoms. The molecule has 1 aromatic heterocycles. The molecule has 0 aliphatic carbocycles. The normalized spacial score (nSPS) is 16.7. The lowest BCUT2D eigenvalue weighted by atomic mass is 9.83. The number of carbonyl (C=O) groups is 4. The number of nitrogens with zero attached hydrogens (tertiary/aromatic N) is 3. The molecule has 4 rings (SSSR count). The Bertz CT molecular complexity index is 1360. The Labute approximate surface area is 270 Å². The van der Waals surface area contributed by atoms with Crippen LogP contribution in [0.1, 0.15) is 56.4 Å². The molecule has 4 N–H and O–H groups in total. The van der Waals surface area contributed by atoms with E-state index in [1.165, 1.54) is 6.07 Å². The number of ether oxygens (including phenoxy) is 2. The number of hydrogen-bond donors (Lipinski definition) is 4. The maximum absolute atomic E-state index is 13.9. The molecule has 1 amide bonds. The summed E-state index contributed by atoms with van der Waals surface area (Å²) in [5.74, 6) is -5.31. The van der Waals surface area contributed by atoms with E-state index in [0.717, 1.165) is 42.8 Å². The second-order valence-electron chi connectivity index (χ2n) is 12.4. The molecule has 2 aromatic rings. The summed E-state index contributed by atoms with van der Waals surface area (Å²) in [4.78, 5) is 52.5. The summed E-state index contributed by atoms with van der Waals surface area (Å²) in [5, 5.41) is 35.8. The first kappa shape index (κ1) is 37.0. The summed E-state index contributed by atoms with van der Waals surface area (Å²) in [6, 6.07) is 4.98. The standard InChI is InChI=1S/C25H34FN3O3S.C6H8O7/c1-24(2,31-4)16-28(3)23(30)19(11-21-15-33-17-27-21)13-29-9-7-25(8-10-29)22-12-20(26)6-5-18(22)14-32-25;7-3(8)1-6(13,5(11)12)2-4(9)10/h5-6,12,15,17,19H,7-11,13-14,16H2,1-4H3;13H,1-2H2,(H,7,8)(H,9,10)(H,11,12). The third kappa shape index (κ3) is 9.75. The third-order valence-corrected chi connectivity index (χ3v) is 8.96. The average Bonchev–Trinajstić information content (AvgIpc) is 3.61. The maximum atomic E-state index is 13.9. The van der Waals surface area contributed by atoms with E-state index >= 15 is 0 Å². The molecule has 1 aromatic carbocycles. The van der Waals surface area contributed by atoms with Crippen LogP contribution in [0.4, 0.5) is 4.39 Å². The minimum Gasteiger partial charge on any atom is -0.481 e. The van der Waals surface area contributed by atoms with Crippen molar-refractivity contribution in [3.63, 3.8) is 0 Å². The molecular formula is C31H42FN3O10S. The Kier molecular flexibility index (Phi) is 12.4. The fraction of sp³-hybridized carbons (Fsp3) is 0.581. The van der Waals surface area contributed by atoms with Gasteiger partial charge in [-0.2, -0.15) is 0 Å². The van der Waals surface area contributed by atoms with Crippen molar-refractivity contribution in [2.45, 2.75) is 69.4 Å². The molecule has 1 fully saturated rings. The summed E-state index contributed by atoms with van der Waals surface area (Å²) < 4.78 is 25.7. The largest absolute Gasteiger partial charge is 0.481 e. The van der Waals surface area contributed by atoms with Crippen molar-refractivity contribution in [1.82, 2.24) is 14.8 Å². The number of halogens is 1. The van der Waals surface area contributed by atoms with Crippen LogP contribution in [-0.4, -0.2) is 111 Å². The molecule has 0 saturated carbocycles. The van der Waals surface area contributed by atoms with Crippen molar-refractivity contribution in [3.8, 4) is 0 Å². The quantitative estimate of drug-likeness (QED) is 0.245. The van der Waals surface area contributed by atoms with Crippen LogP contribution in [0, 0.1) is 11.7 Å². The Morgan fingerprint density at radius 1 is 1.15 bits per heavy atom. The molecule has 254 valence electrons. The van der Waals surface area contributed by atoms with Crippen molar-refractivity contribution in [3.05, 3.63) is 51.7 Å². The van der Waals surface area contributed by atoms with Gasteiger partial charge in [0.2, 0.25) is 5.91 Å². The van der Waals surface area contributed by atoms with Gasteiger partial charge in [0, 0.05) is 52.1 Å². The molecule has 2 aliphatic heterocycles. The van der Waals surface area contributed by atoms with Gasteiger partial charge in [-0.05, 0) is 49.9 Å². The molecule has 1 unspecified atom stereocenters. The highest BCUT2D eigenvalue weighted by Crippen LogP contribution is 2.44. The first-order chi connectivity index (χ1) is 21.5. The van der Waals surface area contributed by atoms with Gasteiger partial charge in [-0.1, -0.05) is 6.07 Å². The first-order valence-electron chi connectivity index (χ1n) is 14.7. The van der Waals surface area contributed by atoms with Gasteiger partial charge in [-0.25, -0.2) is 14.2 Å². The number of rotatable bonds is 13. The number of likely N-dealkylation sites (N-methyl/N-ethyl adjacent to an activating group) is 1. The van der Waals surface area contributed by atoms with Gasteiger partial charge >= 0.3 is 17.9 Å². The molecule has 1 spiro atoms. The number of carbonyl (C=O) groups excluding carboxylic acids is 1. The van der Waals surface area contributed by atoms with Crippen LogP contribution in [0.15, 0.2) is 29.1 Å². The second kappa shape index (κ2) is 15.4. The number of carboxylic acids is 3. The smallest absolute Gasteiger partial charge is 0.336 e. The lowest BCUT2D eigenvalue weighted by Gasteiger charge is -2.40. The van der Waals surface area contributed by atoms with Gasteiger partial charge in [0.1, 0.15) is 5.82 Å². The minimum atomic E-state index is -2.74. The zero-order valence-corrected chi connectivity index (χ0v) is 27.2. The number of piperidine rings is 1. The molecule has 1 atom stereocenters. The number of likely N-dealkylation sites (tertiary alicyclic amines) is 1. The van der Waals surface area contributed by atoms with Crippen molar-refractivity contribution in [2.75, 3.05) is 40.3 Å². The highest BCUT2D eigenvalue weighted by molar-refractivity contribution is 7.07. The molecule has 2 aliphatic rings. The number of benzene rings is 1. The number of methoxy groups -OCH3 is 1. The Hall–Kier alpha value is -3.50. The van der Waals surface area contributed by atoms with E-state index in [1.54, 1.807) is 29.4 Å².